The second-order valence-electron chi connectivity index (χ2n) is 7.23. The smallest absolute Gasteiger partial charge is 0.236 e. The minimum atomic E-state index is -3.41. The first-order valence-corrected chi connectivity index (χ1v) is 11.9. The first-order valence-electron chi connectivity index (χ1n) is 10.3. The third-order valence-corrected chi connectivity index (χ3v) is 6.78. The lowest BCUT2D eigenvalue weighted by atomic mass is 10.2. The predicted octanol–water partition coefficient (Wildman–Crippen LogP) is 2.64. The van der Waals surface area contributed by atoms with Gasteiger partial charge in [-0.1, -0.05) is 30.3 Å². The van der Waals surface area contributed by atoms with Gasteiger partial charge in [-0.05, 0) is 37.1 Å². The number of sulfonamides is 1. The SMILES string of the molecule is CN=C(NCCS(=O)(=O)N1CCc2ccccc21)NCC(C)Oc1ccccc1OC.I. The van der Waals surface area contributed by atoms with E-state index in [9.17, 15) is 8.42 Å². The summed E-state index contributed by atoms with van der Waals surface area (Å²) in [6, 6.07) is 15.1. The van der Waals surface area contributed by atoms with Crippen molar-refractivity contribution in [3.8, 4) is 11.5 Å². The number of guanidine groups is 1. The van der Waals surface area contributed by atoms with Crippen molar-refractivity contribution in [2.45, 2.75) is 19.4 Å². The van der Waals surface area contributed by atoms with Crippen molar-refractivity contribution in [2.24, 2.45) is 4.99 Å². The van der Waals surface area contributed by atoms with E-state index in [1.54, 1.807) is 14.2 Å². The Bertz CT molecular complexity index is 1020. The molecule has 3 rings (SSSR count). The summed E-state index contributed by atoms with van der Waals surface area (Å²) >= 11 is 0. The summed E-state index contributed by atoms with van der Waals surface area (Å²) in [5.41, 5.74) is 1.85. The number of para-hydroxylation sites is 3. The van der Waals surface area contributed by atoms with Crippen molar-refractivity contribution in [1.82, 2.24) is 10.6 Å². The number of ether oxygens (including phenoxy) is 2. The van der Waals surface area contributed by atoms with E-state index >= 15 is 0 Å². The predicted molar refractivity (Wildman–Crippen MR) is 139 cm³/mol. The molecule has 2 aromatic carbocycles. The van der Waals surface area contributed by atoms with Crippen LogP contribution in [0.2, 0.25) is 0 Å². The Kier molecular flexibility index (Phi) is 9.88. The van der Waals surface area contributed by atoms with Gasteiger partial charge in [0, 0.05) is 20.1 Å². The van der Waals surface area contributed by atoms with Crippen LogP contribution in [0.15, 0.2) is 53.5 Å². The Morgan fingerprint density at radius 3 is 2.53 bits per heavy atom. The van der Waals surface area contributed by atoms with Crippen molar-refractivity contribution in [3.05, 3.63) is 54.1 Å². The van der Waals surface area contributed by atoms with Crippen LogP contribution in [0.4, 0.5) is 5.69 Å². The van der Waals surface area contributed by atoms with Gasteiger partial charge in [0.25, 0.3) is 0 Å². The van der Waals surface area contributed by atoms with Crippen LogP contribution in [0.1, 0.15) is 12.5 Å². The van der Waals surface area contributed by atoms with Crippen LogP contribution in [-0.2, 0) is 16.4 Å². The molecule has 0 amide bonds. The summed E-state index contributed by atoms with van der Waals surface area (Å²) in [6.07, 6.45) is 0.593. The van der Waals surface area contributed by atoms with E-state index in [0.29, 0.717) is 30.5 Å². The van der Waals surface area contributed by atoms with Crippen molar-refractivity contribution >= 4 is 45.6 Å². The van der Waals surface area contributed by atoms with Crippen LogP contribution in [0.25, 0.3) is 0 Å². The number of hydrogen-bond donors (Lipinski definition) is 2. The molecule has 2 aromatic rings. The molecule has 2 N–H and O–H groups in total. The lowest BCUT2D eigenvalue weighted by molar-refractivity contribution is 0.213. The van der Waals surface area contributed by atoms with Gasteiger partial charge in [-0.25, -0.2) is 8.42 Å². The van der Waals surface area contributed by atoms with E-state index in [4.69, 9.17) is 9.47 Å². The highest BCUT2D eigenvalue weighted by atomic mass is 127. The molecule has 0 saturated heterocycles. The lowest BCUT2D eigenvalue weighted by Crippen LogP contribution is -2.44. The number of aliphatic imine (C=N–C) groups is 1. The number of fused-ring (bicyclic) bond motifs is 1. The maximum Gasteiger partial charge on any atom is 0.236 e. The largest absolute Gasteiger partial charge is 0.493 e. The molecule has 32 heavy (non-hydrogen) atoms. The fraction of sp³-hybridized carbons (Fsp3) is 0.409. The molecule has 0 fully saturated rings. The van der Waals surface area contributed by atoms with E-state index in [2.05, 4.69) is 15.6 Å². The summed E-state index contributed by atoms with van der Waals surface area (Å²) in [6.45, 7) is 3.17. The normalized spacial score (nSPS) is 14.2. The summed E-state index contributed by atoms with van der Waals surface area (Å²) in [7, 11) is -0.160. The van der Waals surface area contributed by atoms with Gasteiger partial charge in [0.15, 0.2) is 17.5 Å². The third kappa shape index (κ3) is 6.64. The van der Waals surface area contributed by atoms with E-state index in [0.717, 1.165) is 17.7 Å². The Morgan fingerprint density at radius 1 is 1.12 bits per heavy atom. The van der Waals surface area contributed by atoms with Gasteiger partial charge < -0.3 is 20.1 Å². The number of nitrogens with zero attached hydrogens (tertiary/aromatic N) is 2. The monoisotopic (exact) mass is 574 g/mol. The lowest BCUT2D eigenvalue weighted by Gasteiger charge is -2.21. The second-order valence-corrected chi connectivity index (χ2v) is 9.24. The molecular formula is C22H31IN4O4S. The topological polar surface area (TPSA) is 92.3 Å². The summed E-state index contributed by atoms with van der Waals surface area (Å²) in [5, 5.41) is 6.23. The number of hydrogen-bond acceptors (Lipinski definition) is 5. The molecule has 1 heterocycles. The van der Waals surface area contributed by atoms with E-state index in [1.807, 2.05) is 55.5 Å². The van der Waals surface area contributed by atoms with Crippen LogP contribution in [0.3, 0.4) is 0 Å². The molecule has 1 atom stereocenters. The zero-order valence-electron chi connectivity index (χ0n) is 18.6. The molecular weight excluding hydrogens is 543 g/mol. The molecule has 0 radical (unpaired) electrons. The quantitative estimate of drug-likeness (QED) is 0.272. The maximum atomic E-state index is 12.8. The molecule has 0 aromatic heterocycles. The van der Waals surface area contributed by atoms with Gasteiger partial charge in [-0.15, -0.1) is 24.0 Å². The van der Waals surface area contributed by atoms with Gasteiger partial charge in [0.2, 0.25) is 10.0 Å². The minimum absolute atomic E-state index is 0. The Labute approximate surface area is 207 Å². The fourth-order valence-electron chi connectivity index (χ4n) is 3.44. The van der Waals surface area contributed by atoms with Crippen LogP contribution >= 0.6 is 24.0 Å². The third-order valence-electron chi connectivity index (χ3n) is 5.01. The highest BCUT2D eigenvalue weighted by molar-refractivity contribution is 14.0. The van der Waals surface area contributed by atoms with Crippen molar-refractivity contribution in [2.75, 3.05) is 43.8 Å². The summed E-state index contributed by atoms with van der Waals surface area (Å²) in [4.78, 5) is 4.16. The first-order chi connectivity index (χ1) is 14.9. The van der Waals surface area contributed by atoms with Gasteiger partial charge in [0.05, 0.1) is 25.1 Å². The molecule has 8 nitrogen and oxygen atoms in total. The molecule has 1 aliphatic heterocycles. The first kappa shape index (κ1) is 26.0. The Morgan fingerprint density at radius 2 is 1.81 bits per heavy atom. The van der Waals surface area contributed by atoms with E-state index in [1.165, 1.54) is 4.31 Å². The van der Waals surface area contributed by atoms with Gasteiger partial charge in [0.1, 0.15) is 6.10 Å². The van der Waals surface area contributed by atoms with E-state index < -0.39 is 10.0 Å². The van der Waals surface area contributed by atoms with Gasteiger partial charge in [-0.3, -0.25) is 9.30 Å². The molecule has 0 saturated carbocycles. The molecule has 0 bridgehead atoms. The van der Waals surface area contributed by atoms with Gasteiger partial charge >= 0.3 is 0 Å². The zero-order valence-corrected chi connectivity index (χ0v) is 21.7. The molecule has 10 heteroatoms. The zero-order chi connectivity index (χ0) is 22.3. The standard InChI is InChI=1S/C22H30N4O4S.HI/c1-17(30-21-11-7-6-10-20(21)29-3)16-25-22(23-2)24-13-15-31(27,28)26-14-12-18-8-4-5-9-19(18)26;/h4-11,17H,12-16H2,1-3H3,(H2,23,24,25);1H. The average molecular weight is 574 g/mol. The van der Waals surface area contributed by atoms with Crippen LogP contribution in [0.5, 0.6) is 11.5 Å². The second kappa shape index (κ2) is 12.1. The minimum Gasteiger partial charge on any atom is -0.493 e. The molecule has 0 aliphatic carbocycles. The van der Waals surface area contributed by atoms with Crippen molar-refractivity contribution in [3.63, 3.8) is 0 Å². The molecule has 0 spiro atoms. The van der Waals surface area contributed by atoms with Crippen molar-refractivity contribution in [1.29, 1.82) is 0 Å². The maximum absolute atomic E-state index is 12.8. The molecule has 176 valence electrons. The number of nitrogens with one attached hydrogen (secondary N) is 2. The summed E-state index contributed by atoms with van der Waals surface area (Å²) < 4.78 is 38.3. The van der Waals surface area contributed by atoms with Crippen LogP contribution in [-0.4, -0.2) is 60.0 Å². The number of rotatable bonds is 9. The Hall–Kier alpha value is -2.21. The van der Waals surface area contributed by atoms with Crippen molar-refractivity contribution < 1.29 is 17.9 Å². The number of methoxy groups -OCH3 is 1. The number of benzene rings is 2. The number of anilines is 1. The van der Waals surface area contributed by atoms with Gasteiger partial charge in [-0.2, -0.15) is 0 Å². The summed E-state index contributed by atoms with van der Waals surface area (Å²) in [5.74, 6) is 1.84. The van der Waals surface area contributed by atoms with Crippen LogP contribution < -0.4 is 24.4 Å². The highest BCUT2D eigenvalue weighted by Crippen LogP contribution is 2.30. The van der Waals surface area contributed by atoms with Crippen LogP contribution in [0, 0.1) is 0 Å². The molecule has 1 aliphatic rings. The average Bonchev–Trinajstić information content (AvgIpc) is 3.21. The number of halogens is 1. The fourth-order valence-corrected chi connectivity index (χ4v) is 4.87. The molecule has 1 unspecified atom stereocenters. The van der Waals surface area contributed by atoms with E-state index in [-0.39, 0.29) is 42.4 Å². The highest BCUT2D eigenvalue weighted by Gasteiger charge is 2.28. The Balaban J connectivity index is 0.00000363.